The van der Waals surface area contributed by atoms with Gasteiger partial charge in [0.05, 0.1) is 6.04 Å². The summed E-state index contributed by atoms with van der Waals surface area (Å²) in [4.78, 5) is 13.5. The van der Waals surface area contributed by atoms with Gasteiger partial charge in [-0.1, -0.05) is 65.9 Å². The molecule has 8 heteroatoms. The zero-order valence-corrected chi connectivity index (χ0v) is 20.7. The predicted octanol–water partition coefficient (Wildman–Crippen LogP) is 5.18. The SMILES string of the molecule is Cc1ccc([C@H]2Nn3c(COc4ccccc4)nnc3S[C@@H]2C(=O)Nc2cc(C)cc(C)c2)cc1. The lowest BCUT2D eigenvalue weighted by Crippen LogP contribution is -2.41. The van der Waals surface area contributed by atoms with Crippen molar-refractivity contribution in [3.05, 3.63) is 101 Å². The Kier molecular flexibility index (Phi) is 6.46. The first-order valence-corrected chi connectivity index (χ1v) is 12.4. The van der Waals surface area contributed by atoms with Crippen LogP contribution in [0.4, 0.5) is 5.69 Å². The second kappa shape index (κ2) is 9.84. The molecule has 0 saturated carbocycles. The summed E-state index contributed by atoms with van der Waals surface area (Å²) < 4.78 is 7.73. The number of anilines is 1. The Labute approximate surface area is 208 Å². The first-order valence-electron chi connectivity index (χ1n) is 11.5. The minimum Gasteiger partial charge on any atom is -0.486 e. The number of nitrogens with zero attached hydrogens (tertiary/aromatic N) is 3. The number of thioether (sulfide) groups is 1. The monoisotopic (exact) mass is 485 g/mol. The second-order valence-electron chi connectivity index (χ2n) is 8.76. The average Bonchev–Trinajstić information content (AvgIpc) is 3.24. The van der Waals surface area contributed by atoms with E-state index in [1.165, 1.54) is 11.8 Å². The molecule has 1 aliphatic rings. The molecule has 2 atom stereocenters. The van der Waals surface area contributed by atoms with Crippen LogP contribution in [0.3, 0.4) is 0 Å². The smallest absolute Gasteiger partial charge is 0.240 e. The number of fused-ring (bicyclic) bond motifs is 1. The summed E-state index contributed by atoms with van der Waals surface area (Å²) >= 11 is 1.40. The third-order valence-electron chi connectivity index (χ3n) is 5.80. The minimum atomic E-state index is -0.446. The molecule has 178 valence electrons. The molecule has 0 radical (unpaired) electrons. The van der Waals surface area contributed by atoms with E-state index in [-0.39, 0.29) is 18.6 Å². The summed E-state index contributed by atoms with van der Waals surface area (Å²) in [5, 5.41) is 11.9. The molecule has 1 aromatic heterocycles. The van der Waals surface area contributed by atoms with Crippen molar-refractivity contribution in [1.82, 2.24) is 14.9 Å². The van der Waals surface area contributed by atoms with E-state index in [0.717, 1.165) is 33.7 Å². The first kappa shape index (κ1) is 23.0. The van der Waals surface area contributed by atoms with E-state index in [1.807, 2.05) is 67.9 Å². The molecule has 1 amide bonds. The van der Waals surface area contributed by atoms with E-state index >= 15 is 0 Å². The second-order valence-corrected chi connectivity index (χ2v) is 9.87. The lowest BCUT2D eigenvalue weighted by molar-refractivity contribution is -0.116. The molecule has 2 N–H and O–H groups in total. The van der Waals surface area contributed by atoms with Crippen molar-refractivity contribution < 1.29 is 9.53 Å². The standard InChI is InChI=1S/C27H27N5O2S/c1-17-9-11-20(12-10-17)24-25(26(33)28-21-14-18(2)13-19(3)15-21)35-27-30-29-23(32(27)31-24)16-34-22-7-5-4-6-8-22/h4-15,24-25,31H,16H2,1-3H3,(H,28,33)/t24-,25+/m1/s1. The van der Waals surface area contributed by atoms with Gasteiger partial charge in [-0.3, -0.25) is 4.79 Å². The molecule has 0 unspecified atom stereocenters. The Morgan fingerprint density at radius 3 is 2.40 bits per heavy atom. The maximum Gasteiger partial charge on any atom is 0.240 e. The summed E-state index contributed by atoms with van der Waals surface area (Å²) in [6.45, 7) is 6.35. The van der Waals surface area contributed by atoms with Crippen molar-refractivity contribution in [2.45, 2.75) is 43.8 Å². The topological polar surface area (TPSA) is 81.1 Å². The quantitative estimate of drug-likeness (QED) is 0.392. The Morgan fingerprint density at radius 1 is 0.971 bits per heavy atom. The largest absolute Gasteiger partial charge is 0.486 e. The fraction of sp³-hybridized carbons (Fsp3) is 0.222. The number of nitrogens with one attached hydrogen (secondary N) is 2. The van der Waals surface area contributed by atoms with Gasteiger partial charge in [-0.2, -0.15) is 0 Å². The molecular formula is C27H27N5O2S. The maximum atomic E-state index is 13.5. The molecule has 0 fully saturated rings. The normalized spacial score (nSPS) is 16.8. The van der Waals surface area contributed by atoms with Crippen molar-refractivity contribution >= 4 is 23.4 Å². The van der Waals surface area contributed by atoms with Gasteiger partial charge in [0.25, 0.3) is 0 Å². The molecule has 0 spiro atoms. The van der Waals surface area contributed by atoms with Crippen molar-refractivity contribution in [3.8, 4) is 5.75 Å². The Morgan fingerprint density at radius 2 is 1.69 bits per heavy atom. The van der Waals surface area contributed by atoms with Crippen LogP contribution in [0.25, 0.3) is 0 Å². The van der Waals surface area contributed by atoms with Crippen LogP contribution in [-0.4, -0.2) is 26.0 Å². The molecule has 2 heterocycles. The van der Waals surface area contributed by atoms with Gasteiger partial charge in [-0.05, 0) is 61.7 Å². The highest BCUT2D eigenvalue weighted by atomic mass is 32.2. The number of ether oxygens (including phenoxy) is 1. The number of rotatable bonds is 6. The van der Waals surface area contributed by atoms with Gasteiger partial charge in [-0.25, -0.2) is 4.68 Å². The third kappa shape index (κ3) is 5.17. The molecule has 0 bridgehead atoms. The van der Waals surface area contributed by atoms with Gasteiger partial charge in [0.1, 0.15) is 17.6 Å². The van der Waals surface area contributed by atoms with Crippen molar-refractivity contribution in [3.63, 3.8) is 0 Å². The number of aromatic nitrogens is 3. The molecule has 3 aromatic carbocycles. The minimum absolute atomic E-state index is 0.0885. The highest BCUT2D eigenvalue weighted by Crippen LogP contribution is 2.38. The average molecular weight is 486 g/mol. The van der Waals surface area contributed by atoms with Crippen molar-refractivity contribution in [1.29, 1.82) is 0 Å². The van der Waals surface area contributed by atoms with Gasteiger partial charge in [0.15, 0.2) is 5.82 Å². The number of benzene rings is 3. The molecule has 35 heavy (non-hydrogen) atoms. The zero-order valence-electron chi connectivity index (χ0n) is 19.9. The number of hydrogen-bond acceptors (Lipinski definition) is 6. The summed E-state index contributed by atoms with van der Waals surface area (Å²) in [6, 6.07) is 23.6. The van der Waals surface area contributed by atoms with Crippen LogP contribution in [0.15, 0.2) is 78.0 Å². The fourth-order valence-electron chi connectivity index (χ4n) is 4.14. The number of amides is 1. The van der Waals surface area contributed by atoms with Crippen LogP contribution < -0.4 is 15.5 Å². The summed E-state index contributed by atoms with van der Waals surface area (Å²) in [7, 11) is 0. The maximum absolute atomic E-state index is 13.5. The van der Waals surface area contributed by atoms with Crippen molar-refractivity contribution in [2.24, 2.45) is 0 Å². The van der Waals surface area contributed by atoms with E-state index in [1.54, 1.807) is 0 Å². The van der Waals surface area contributed by atoms with Gasteiger partial charge in [0.2, 0.25) is 11.1 Å². The molecular weight excluding hydrogens is 458 g/mol. The predicted molar refractivity (Wildman–Crippen MR) is 138 cm³/mol. The number of para-hydroxylation sites is 1. The van der Waals surface area contributed by atoms with E-state index in [2.05, 4.69) is 51.3 Å². The van der Waals surface area contributed by atoms with Crippen LogP contribution in [0.1, 0.15) is 34.1 Å². The molecule has 7 nitrogen and oxygen atoms in total. The van der Waals surface area contributed by atoms with E-state index in [9.17, 15) is 4.79 Å². The highest BCUT2D eigenvalue weighted by Gasteiger charge is 2.38. The molecule has 0 aliphatic carbocycles. The number of carbonyl (C=O) groups excluding carboxylic acids is 1. The molecule has 5 rings (SSSR count). The van der Waals surface area contributed by atoms with Crippen LogP contribution in [0.5, 0.6) is 5.75 Å². The van der Waals surface area contributed by atoms with Gasteiger partial charge in [-0.15, -0.1) is 10.2 Å². The first-order chi connectivity index (χ1) is 17.0. The van der Waals surface area contributed by atoms with Gasteiger partial charge in [0, 0.05) is 5.69 Å². The Bertz CT molecular complexity index is 1320. The molecule has 1 aliphatic heterocycles. The van der Waals surface area contributed by atoms with E-state index < -0.39 is 5.25 Å². The van der Waals surface area contributed by atoms with Crippen LogP contribution >= 0.6 is 11.8 Å². The summed E-state index contributed by atoms with van der Waals surface area (Å²) in [5.41, 5.74) is 8.66. The van der Waals surface area contributed by atoms with Crippen molar-refractivity contribution in [2.75, 3.05) is 10.7 Å². The zero-order chi connectivity index (χ0) is 24.4. The van der Waals surface area contributed by atoms with Gasteiger partial charge < -0.3 is 15.5 Å². The number of hydrogen-bond donors (Lipinski definition) is 2. The lowest BCUT2D eigenvalue weighted by atomic mass is 10.0. The van der Waals surface area contributed by atoms with Crippen LogP contribution in [-0.2, 0) is 11.4 Å². The summed E-state index contributed by atoms with van der Waals surface area (Å²) in [6.07, 6.45) is 0. The van der Waals surface area contributed by atoms with Gasteiger partial charge >= 0.3 is 0 Å². The van der Waals surface area contributed by atoms with Crippen LogP contribution in [0, 0.1) is 20.8 Å². The Balaban J connectivity index is 1.42. The molecule has 0 saturated heterocycles. The van der Waals surface area contributed by atoms with E-state index in [4.69, 9.17) is 4.74 Å². The Hall–Kier alpha value is -3.78. The summed E-state index contributed by atoms with van der Waals surface area (Å²) in [5.74, 6) is 1.31. The van der Waals surface area contributed by atoms with E-state index in [0.29, 0.717) is 11.0 Å². The fourth-order valence-corrected chi connectivity index (χ4v) is 5.24. The highest BCUT2D eigenvalue weighted by molar-refractivity contribution is 8.00. The van der Waals surface area contributed by atoms with Crippen LogP contribution in [0.2, 0.25) is 0 Å². The number of aryl methyl sites for hydroxylation is 3. The lowest BCUT2D eigenvalue weighted by Gasteiger charge is -2.33. The third-order valence-corrected chi connectivity index (χ3v) is 7.01. The molecule has 4 aromatic rings. The number of carbonyl (C=O) groups is 1.